The van der Waals surface area contributed by atoms with Crippen LogP contribution in [0.3, 0.4) is 0 Å². The highest BCUT2D eigenvalue weighted by Crippen LogP contribution is 2.26. The molecule has 0 amide bonds. The summed E-state index contributed by atoms with van der Waals surface area (Å²) in [5, 5.41) is 0. The summed E-state index contributed by atoms with van der Waals surface area (Å²) in [5.41, 5.74) is 1.84. The lowest BCUT2D eigenvalue weighted by Crippen LogP contribution is -2.10. The lowest BCUT2D eigenvalue weighted by molar-refractivity contribution is 0.419. The molecule has 1 heterocycles. The third-order valence-corrected chi connectivity index (χ3v) is 3.91. The summed E-state index contributed by atoms with van der Waals surface area (Å²) in [6, 6.07) is 5.83. The number of methoxy groups -OCH3 is 1. The minimum absolute atomic E-state index is 0.515. The number of aromatic nitrogens is 2. The van der Waals surface area contributed by atoms with Crippen LogP contribution >= 0.6 is 11.6 Å². The van der Waals surface area contributed by atoms with E-state index in [-0.39, 0.29) is 0 Å². The molecule has 0 aliphatic rings. The Hall–Kier alpha value is -1.07. The molecule has 0 radical (unpaired) electrons. The second kappa shape index (κ2) is 6.39. The van der Waals surface area contributed by atoms with E-state index in [1.165, 1.54) is 0 Å². The SMILES string of the molecule is COc1cccc2c1nc(CCCl)n2CCS(C)=O. The molecule has 1 aromatic carbocycles. The molecule has 4 nitrogen and oxygen atoms in total. The molecule has 104 valence electrons. The molecule has 0 aliphatic carbocycles. The zero-order chi connectivity index (χ0) is 13.8. The molecule has 0 fully saturated rings. The first-order valence-corrected chi connectivity index (χ1v) is 8.31. The highest BCUT2D eigenvalue weighted by molar-refractivity contribution is 7.84. The largest absolute Gasteiger partial charge is 0.494 e. The van der Waals surface area contributed by atoms with Crippen LogP contribution < -0.4 is 4.74 Å². The summed E-state index contributed by atoms with van der Waals surface area (Å²) in [6.07, 6.45) is 2.40. The summed E-state index contributed by atoms with van der Waals surface area (Å²) < 4.78 is 18.7. The van der Waals surface area contributed by atoms with Crippen molar-refractivity contribution >= 4 is 33.4 Å². The molecular formula is C13H17ClN2O2S. The summed E-state index contributed by atoms with van der Waals surface area (Å²) in [6.45, 7) is 0.680. The molecule has 19 heavy (non-hydrogen) atoms. The van der Waals surface area contributed by atoms with Crippen molar-refractivity contribution in [3.63, 3.8) is 0 Å². The zero-order valence-corrected chi connectivity index (χ0v) is 12.6. The summed E-state index contributed by atoms with van der Waals surface area (Å²) >= 11 is 5.83. The smallest absolute Gasteiger partial charge is 0.146 e. The van der Waals surface area contributed by atoms with Gasteiger partial charge in [-0.1, -0.05) is 6.07 Å². The van der Waals surface area contributed by atoms with E-state index < -0.39 is 10.8 Å². The molecule has 0 bridgehead atoms. The average molecular weight is 301 g/mol. The van der Waals surface area contributed by atoms with E-state index in [9.17, 15) is 4.21 Å². The second-order valence-electron chi connectivity index (χ2n) is 4.22. The number of hydrogen-bond acceptors (Lipinski definition) is 3. The van der Waals surface area contributed by atoms with Gasteiger partial charge in [-0.15, -0.1) is 11.6 Å². The maximum absolute atomic E-state index is 11.3. The molecule has 1 unspecified atom stereocenters. The van der Waals surface area contributed by atoms with Crippen LogP contribution in [-0.2, 0) is 23.8 Å². The van der Waals surface area contributed by atoms with Crippen LogP contribution in [0.5, 0.6) is 5.75 Å². The number of ether oxygens (including phenoxy) is 1. The van der Waals surface area contributed by atoms with Crippen LogP contribution in [0.4, 0.5) is 0 Å². The van der Waals surface area contributed by atoms with E-state index in [1.807, 2.05) is 18.2 Å². The monoisotopic (exact) mass is 300 g/mol. The number of rotatable bonds is 6. The van der Waals surface area contributed by atoms with E-state index in [2.05, 4.69) is 9.55 Å². The zero-order valence-electron chi connectivity index (χ0n) is 11.1. The fourth-order valence-electron chi connectivity index (χ4n) is 2.08. The van der Waals surface area contributed by atoms with Gasteiger partial charge in [-0.25, -0.2) is 4.98 Å². The van der Waals surface area contributed by atoms with Crippen molar-refractivity contribution in [1.29, 1.82) is 0 Å². The lowest BCUT2D eigenvalue weighted by atomic mass is 10.3. The van der Waals surface area contributed by atoms with Crippen molar-refractivity contribution in [3.05, 3.63) is 24.0 Å². The minimum Gasteiger partial charge on any atom is -0.494 e. The first-order chi connectivity index (χ1) is 9.17. The van der Waals surface area contributed by atoms with Crippen LogP contribution in [0.2, 0.25) is 0 Å². The lowest BCUT2D eigenvalue weighted by Gasteiger charge is -2.07. The van der Waals surface area contributed by atoms with E-state index in [0.29, 0.717) is 24.6 Å². The van der Waals surface area contributed by atoms with Gasteiger partial charge in [-0.2, -0.15) is 0 Å². The van der Waals surface area contributed by atoms with Crippen LogP contribution in [-0.4, -0.2) is 38.8 Å². The Morgan fingerprint density at radius 1 is 1.47 bits per heavy atom. The first-order valence-electron chi connectivity index (χ1n) is 6.05. The number of hydrogen-bond donors (Lipinski definition) is 0. The molecule has 0 saturated heterocycles. The molecule has 2 rings (SSSR count). The van der Waals surface area contributed by atoms with Crippen LogP contribution in [0.1, 0.15) is 5.82 Å². The first kappa shape index (κ1) is 14.3. The molecule has 6 heteroatoms. The number of benzene rings is 1. The Balaban J connectivity index is 2.50. The molecular weight excluding hydrogens is 284 g/mol. The highest BCUT2D eigenvalue weighted by Gasteiger charge is 2.13. The van der Waals surface area contributed by atoms with Gasteiger partial charge >= 0.3 is 0 Å². The predicted octanol–water partition coefficient (Wildman–Crippen LogP) is 2.20. The number of imidazole rings is 1. The number of para-hydroxylation sites is 1. The quantitative estimate of drug-likeness (QED) is 0.768. The number of fused-ring (bicyclic) bond motifs is 1. The van der Waals surface area contributed by atoms with Gasteiger partial charge < -0.3 is 9.30 Å². The average Bonchev–Trinajstić information content (AvgIpc) is 2.74. The van der Waals surface area contributed by atoms with E-state index in [4.69, 9.17) is 16.3 Å². The maximum Gasteiger partial charge on any atom is 0.146 e. The Kier molecular flexibility index (Phi) is 4.82. The van der Waals surface area contributed by atoms with Gasteiger partial charge in [0, 0.05) is 41.7 Å². The van der Waals surface area contributed by atoms with Gasteiger partial charge in [-0.05, 0) is 12.1 Å². The number of nitrogens with zero attached hydrogens (tertiary/aromatic N) is 2. The number of halogens is 1. The topological polar surface area (TPSA) is 44.1 Å². The van der Waals surface area contributed by atoms with Gasteiger partial charge in [0.1, 0.15) is 17.1 Å². The number of aryl methyl sites for hydroxylation is 2. The van der Waals surface area contributed by atoms with E-state index in [1.54, 1.807) is 13.4 Å². The van der Waals surface area contributed by atoms with Crippen molar-refractivity contribution < 1.29 is 8.95 Å². The molecule has 2 aromatic rings. The van der Waals surface area contributed by atoms with Crippen molar-refractivity contribution in [2.45, 2.75) is 13.0 Å². The molecule has 0 N–H and O–H groups in total. The fourth-order valence-corrected chi connectivity index (χ4v) is 2.69. The Bertz CT molecular complexity index is 598. The minimum atomic E-state index is -0.825. The Morgan fingerprint density at radius 2 is 2.26 bits per heavy atom. The standard InChI is InChI=1S/C13H17ClN2O2S/c1-18-11-5-3-4-10-13(11)15-12(6-7-14)16(10)8-9-19(2)17/h3-5H,6-9H2,1-2H3. The highest BCUT2D eigenvalue weighted by atomic mass is 35.5. The van der Waals surface area contributed by atoms with Crippen molar-refractivity contribution in [1.82, 2.24) is 9.55 Å². The van der Waals surface area contributed by atoms with Gasteiger partial charge in [0.25, 0.3) is 0 Å². The second-order valence-corrected chi connectivity index (χ2v) is 6.16. The molecule has 0 saturated carbocycles. The molecule has 0 spiro atoms. The Morgan fingerprint density at radius 3 is 2.89 bits per heavy atom. The number of alkyl halides is 1. The molecule has 0 aliphatic heterocycles. The van der Waals surface area contributed by atoms with E-state index in [0.717, 1.165) is 22.6 Å². The van der Waals surface area contributed by atoms with Crippen LogP contribution in [0, 0.1) is 0 Å². The van der Waals surface area contributed by atoms with Gasteiger partial charge in [0.05, 0.1) is 12.6 Å². The predicted molar refractivity (Wildman–Crippen MR) is 79.6 cm³/mol. The summed E-state index contributed by atoms with van der Waals surface area (Å²) in [7, 11) is 0.810. The van der Waals surface area contributed by atoms with Crippen molar-refractivity contribution in [2.75, 3.05) is 25.0 Å². The molecule has 1 aromatic heterocycles. The van der Waals surface area contributed by atoms with Crippen molar-refractivity contribution in [2.24, 2.45) is 0 Å². The van der Waals surface area contributed by atoms with Gasteiger partial charge in [-0.3, -0.25) is 4.21 Å². The van der Waals surface area contributed by atoms with E-state index >= 15 is 0 Å². The summed E-state index contributed by atoms with van der Waals surface area (Å²) in [4.78, 5) is 4.61. The third kappa shape index (κ3) is 3.09. The Labute approximate surface area is 120 Å². The van der Waals surface area contributed by atoms with Crippen molar-refractivity contribution in [3.8, 4) is 5.75 Å². The maximum atomic E-state index is 11.3. The normalized spacial score (nSPS) is 12.8. The third-order valence-electron chi connectivity index (χ3n) is 2.96. The molecule has 1 atom stereocenters. The van der Waals surface area contributed by atoms with Crippen LogP contribution in [0.15, 0.2) is 18.2 Å². The van der Waals surface area contributed by atoms with Gasteiger partial charge in [0.15, 0.2) is 0 Å². The summed E-state index contributed by atoms with van der Waals surface area (Å²) in [5.74, 6) is 2.79. The van der Waals surface area contributed by atoms with Crippen LogP contribution in [0.25, 0.3) is 11.0 Å². The fraction of sp³-hybridized carbons (Fsp3) is 0.462. The van der Waals surface area contributed by atoms with Gasteiger partial charge in [0.2, 0.25) is 0 Å².